The van der Waals surface area contributed by atoms with Crippen LogP contribution in [0.2, 0.25) is 0 Å². The number of nitrogens with two attached hydrogens (primary N) is 1. The van der Waals surface area contributed by atoms with Gasteiger partial charge in [-0.05, 0) is 38.2 Å². The average Bonchev–Trinajstić information content (AvgIpc) is 2.49. The van der Waals surface area contributed by atoms with Gasteiger partial charge in [0.2, 0.25) is 0 Å². The highest BCUT2D eigenvalue weighted by molar-refractivity contribution is 5.85. The minimum absolute atomic E-state index is 0. The van der Waals surface area contributed by atoms with Gasteiger partial charge in [0.05, 0.1) is 0 Å². The molecule has 3 heteroatoms. The summed E-state index contributed by atoms with van der Waals surface area (Å²) in [6.45, 7) is 6.65. The highest BCUT2D eigenvalue weighted by Gasteiger charge is 2.24. The fourth-order valence-corrected chi connectivity index (χ4v) is 3.16. The molecule has 0 radical (unpaired) electrons. The Morgan fingerprint density at radius 2 is 1.38 bits per heavy atom. The molecule has 1 unspecified atom stereocenters. The maximum atomic E-state index is 6.42. The molecule has 0 heterocycles. The van der Waals surface area contributed by atoms with E-state index in [0.29, 0.717) is 5.92 Å². The monoisotopic (exact) mass is 356 g/mol. The number of unbranched alkanes of at least 4 members (excludes halogenated alkanes) is 7. The molecule has 1 atom stereocenters. The second-order valence-corrected chi connectivity index (χ2v) is 7.47. The molecular formula is C21H41ClN2. The molecule has 0 saturated carbocycles. The summed E-state index contributed by atoms with van der Waals surface area (Å²) < 4.78 is 0. The minimum Gasteiger partial charge on any atom is -0.344 e. The Morgan fingerprint density at radius 1 is 0.875 bits per heavy atom. The predicted octanol–water partition coefficient (Wildman–Crippen LogP) is 6.70. The van der Waals surface area contributed by atoms with Gasteiger partial charge in [-0.2, -0.15) is 0 Å². The van der Waals surface area contributed by atoms with Crippen molar-refractivity contribution in [3.63, 3.8) is 0 Å². The Balaban J connectivity index is 0. The van der Waals surface area contributed by atoms with Crippen LogP contribution >= 0.6 is 12.4 Å². The predicted molar refractivity (Wildman–Crippen MR) is 111 cm³/mol. The highest BCUT2D eigenvalue weighted by Crippen LogP contribution is 2.25. The van der Waals surface area contributed by atoms with Crippen LogP contribution in [0.4, 0.5) is 0 Å². The van der Waals surface area contributed by atoms with Gasteiger partial charge in [-0.3, -0.25) is 0 Å². The van der Waals surface area contributed by atoms with Gasteiger partial charge >= 0.3 is 0 Å². The summed E-state index contributed by atoms with van der Waals surface area (Å²) in [4.78, 5) is 0. The maximum absolute atomic E-state index is 6.42. The lowest BCUT2D eigenvalue weighted by Crippen LogP contribution is -2.42. The van der Waals surface area contributed by atoms with Crippen LogP contribution in [0.15, 0.2) is 30.3 Å². The molecule has 0 amide bonds. The first-order chi connectivity index (χ1) is 10.5. The van der Waals surface area contributed by atoms with Gasteiger partial charge in [0.1, 0.15) is 0 Å². The van der Waals surface area contributed by atoms with E-state index in [1.807, 2.05) is 0 Å². The van der Waals surface area contributed by atoms with E-state index in [4.69, 9.17) is 5.73 Å². The van der Waals surface area contributed by atoms with Crippen molar-refractivity contribution in [1.29, 1.82) is 0 Å². The largest absolute Gasteiger partial charge is 0.344 e. The third-order valence-corrected chi connectivity index (χ3v) is 4.78. The highest BCUT2D eigenvalue weighted by atomic mass is 35.5. The van der Waals surface area contributed by atoms with E-state index in [0.717, 1.165) is 6.42 Å². The number of hydrogen-bond donors (Lipinski definition) is 2. The molecule has 142 valence electrons. The van der Waals surface area contributed by atoms with Gasteiger partial charge in [0, 0.05) is 5.54 Å². The summed E-state index contributed by atoms with van der Waals surface area (Å²) in [5, 5.41) is 0. The van der Waals surface area contributed by atoms with Gasteiger partial charge in [0.25, 0.3) is 0 Å². The van der Waals surface area contributed by atoms with Crippen LogP contribution < -0.4 is 11.9 Å². The lowest BCUT2D eigenvalue weighted by Gasteiger charge is -2.31. The van der Waals surface area contributed by atoms with Crippen LogP contribution in [-0.2, 0) is 6.42 Å². The number of halogens is 1. The molecule has 1 aromatic rings. The quantitative estimate of drug-likeness (QED) is 0.409. The zero-order valence-corrected chi connectivity index (χ0v) is 17.0. The molecule has 0 fully saturated rings. The smallest absolute Gasteiger partial charge is 0.0129 e. The summed E-state index contributed by atoms with van der Waals surface area (Å²) in [7, 11) is 0. The molecular weight excluding hydrogens is 316 g/mol. The SMILES string of the molecule is CCCCCCCCCCC(Cc1ccccc1)C(C)(C)N.Cl.N. The van der Waals surface area contributed by atoms with E-state index in [9.17, 15) is 0 Å². The van der Waals surface area contributed by atoms with Crippen molar-refractivity contribution in [2.24, 2.45) is 11.7 Å². The molecule has 0 aliphatic rings. The molecule has 0 aliphatic heterocycles. The zero-order chi connectivity index (χ0) is 16.3. The van der Waals surface area contributed by atoms with Crippen LogP contribution in [0.5, 0.6) is 0 Å². The van der Waals surface area contributed by atoms with Crippen LogP contribution in [0.25, 0.3) is 0 Å². The van der Waals surface area contributed by atoms with Crippen LogP contribution in [0.3, 0.4) is 0 Å². The van der Waals surface area contributed by atoms with Gasteiger partial charge in [-0.1, -0.05) is 88.6 Å². The Labute approximate surface area is 157 Å². The zero-order valence-electron chi connectivity index (χ0n) is 16.2. The molecule has 0 spiro atoms. The molecule has 0 aliphatic carbocycles. The van der Waals surface area contributed by atoms with Crippen molar-refractivity contribution in [1.82, 2.24) is 6.15 Å². The third-order valence-electron chi connectivity index (χ3n) is 4.78. The molecule has 5 N–H and O–H groups in total. The van der Waals surface area contributed by atoms with E-state index in [1.54, 1.807) is 0 Å². The Kier molecular flexibility index (Phi) is 15.8. The average molecular weight is 357 g/mol. The first kappa shape index (κ1) is 25.7. The summed E-state index contributed by atoms with van der Waals surface area (Å²) in [5.41, 5.74) is 7.76. The minimum atomic E-state index is -0.0863. The first-order valence-electron chi connectivity index (χ1n) is 9.37. The van der Waals surface area contributed by atoms with E-state index >= 15 is 0 Å². The molecule has 0 saturated heterocycles. The van der Waals surface area contributed by atoms with Crippen molar-refractivity contribution < 1.29 is 0 Å². The van der Waals surface area contributed by atoms with Crippen molar-refractivity contribution in [2.45, 2.75) is 90.5 Å². The fourth-order valence-electron chi connectivity index (χ4n) is 3.16. The Hall–Kier alpha value is -0.570. The maximum Gasteiger partial charge on any atom is 0.0129 e. The van der Waals surface area contributed by atoms with E-state index in [-0.39, 0.29) is 24.1 Å². The second-order valence-electron chi connectivity index (χ2n) is 7.47. The Morgan fingerprint density at radius 3 is 1.88 bits per heavy atom. The van der Waals surface area contributed by atoms with E-state index in [2.05, 4.69) is 51.1 Å². The van der Waals surface area contributed by atoms with Gasteiger partial charge in [-0.25, -0.2) is 0 Å². The first-order valence-corrected chi connectivity index (χ1v) is 9.37. The lowest BCUT2D eigenvalue weighted by atomic mass is 9.80. The number of benzene rings is 1. The molecule has 1 aromatic carbocycles. The van der Waals surface area contributed by atoms with Crippen LogP contribution in [0.1, 0.15) is 84.1 Å². The van der Waals surface area contributed by atoms with Crippen LogP contribution in [0, 0.1) is 5.92 Å². The topological polar surface area (TPSA) is 61.0 Å². The number of hydrogen-bond acceptors (Lipinski definition) is 2. The molecule has 0 bridgehead atoms. The fraction of sp³-hybridized carbons (Fsp3) is 0.714. The third kappa shape index (κ3) is 11.9. The van der Waals surface area contributed by atoms with Crippen molar-refractivity contribution in [2.75, 3.05) is 0 Å². The molecule has 0 aromatic heterocycles. The summed E-state index contributed by atoms with van der Waals surface area (Å²) in [6, 6.07) is 10.8. The second kappa shape index (κ2) is 14.7. The van der Waals surface area contributed by atoms with Gasteiger partial charge in [0.15, 0.2) is 0 Å². The molecule has 1 rings (SSSR count). The summed E-state index contributed by atoms with van der Waals surface area (Å²) in [6.07, 6.45) is 13.5. The summed E-state index contributed by atoms with van der Waals surface area (Å²) >= 11 is 0. The Bertz CT molecular complexity index is 373. The number of rotatable bonds is 12. The molecule has 24 heavy (non-hydrogen) atoms. The van der Waals surface area contributed by atoms with Crippen molar-refractivity contribution in [3.8, 4) is 0 Å². The van der Waals surface area contributed by atoms with E-state index < -0.39 is 0 Å². The van der Waals surface area contributed by atoms with Crippen molar-refractivity contribution in [3.05, 3.63) is 35.9 Å². The van der Waals surface area contributed by atoms with Gasteiger partial charge < -0.3 is 11.9 Å². The standard InChI is InChI=1S/C21H37N.ClH.H3N/c1-4-5-6-7-8-9-10-14-17-20(21(2,3)22)18-19-15-12-11-13-16-19;;/h11-13,15-16,20H,4-10,14,17-18,22H2,1-3H3;1H;1H3. The normalized spacial score (nSPS) is 12.2. The van der Waals surface area contributed by atoms with E-state index in [1.165, 1.54) is 63.4 Å². The lowest BCUT2D eigenvalue weighted by molar-refractivity contribution is 0.290. The molecule has 2 nitrogen and oxygen atoms in total. The van der Waals surface area contributed by atoms with Crippen LogP contribution in [-0.4, -0.2) is 5.54 Å². The van der Waals surface area contributed by atoms with Gasteiger partial charge in [-0.15, -0.1) is 12.4 Å². The van der Waals surface area contributed by atoms with Crippen molar-refractivity contribution >= 4 is 12.4 Å². The summed E-state index contributed by atoms with van der Waals surface area (Å²) in [5.74, 6) is 0.579.